The van der Waals surface area contributed by atoms with Gasteiger partial charge in [-0.1, -0.05) is 42.5 Å². The van der Waals surface area contributed by atoms with Crippen molar-refractivity contribution in [2.75, 3.05) is 26.3 Å². The van der Waals surface area contributed by atoms with E-state index in [1.807, 2.05) is 66.7 Å². The molecule has 3 aromatic carbocycles. The summed E-state index contributed by atoms with van der Waals surface area (Å²) in [5.41, 5.74) is 2.12. The van der Waals surface area contributed by atoms with Crippen LogP contribution < -0.4 is 15.2 Å². The van der Waals surface area contributed by atoms with Crippen LogP contribution in [-0.4, -0.2) is 51.0 Å². The Kier molecular flexibility index (Phi) is 7.11. The summed E-state index contributed by atoms with van der Waals surface area (Å²) >= 11 is 0. The smallest absolute Gasteiger partial charge is 0.328 e. The van der Waals surface area contributed by atoms with Crippen LogP contribution in [0.2, 0.25) is 0 Å². The predicted octanol–water partition coefficient (Wildman–Crippen LogP) is 3.82. The van der Waals surface area contributed by atoms with Gasteiger partial charge in [-0.2, -0.15) is 0 Å². The number of para-hydroxylation sites is 3. The maximum atomic E-state index is 12.6. The molecule has 0 unspecified atom stereocenters. The molecule has 1 aliphatic rings. The number of hydrogen-bond acceptors (Lipinski definition) is 5. The van der Waals surface area contributed by atoms with Crippen molar-refractivity contribution in [3.63, 3.8) is 0 Å². The Morgan fingerprint density at radius 2 is 1.58 bits per heavy atom. The van der Waals surface area contributed by atoms with Gasteiger partial charge in [0.05, 0.1) is 17.6 Å². The third kappa shape index (κ3) is 5.48. The first-order valence-electron chi connectivity index (χ1n) is 12.5. The second kappa shape index (κ2) is 10.6. The van der Waals surface area contributed by atoms with Gasteiger partial charge in [-0.3, -0.25) is 14.0 Å². The Bertz CT molecular complexity index is 1350. The van der Waals surface area contributed by atoms with Crippen LogP contribution in [-0.2, 0) is 20.1 Å². The number of aliphatic hydroxyl groups is 1. The third-order valence-electron chi connectivity index (χ3n) is 6.85. The van der Waals surface area contributed by atoms with E-state index < -0.39 is 5.60 Å². The highest BCUT2D eigenvalue weighted by Gasteiger charge is 2.34. The van der Waals surface area contributed by atoms with Crippen molar-refractivity contribution in [3.8, 4) is 11.5 Å². The fraction of sp³-hybridized carbons (Fsp3) is 0.345. The molecule has 0 saturated carbocycles. The normalized spacial score (nSPS) is 18.4. The number of ether oxygens (including phenoxy) is 2. The minimum Gasteiger partial charge on any atom is -0.492 e. The maximum absolute atomic E-state index is 12.6. The first-order chi connectivity index (χ1) is 17.5. The van der Waals surface area contributed by atoms with Gasteiger partial charge in [0.1, 0.15) is 30.3 Å². The molecule has 5 rings (SSSR count). The van der Waals surface area contributed by atoms with E-state index in [0.29, 0.717) is 26.3 Å². The van der Waals surface area contributed by atoms with Crippen molar-refractivity contribution in [2.45, 2.75) is 31.5 Å². The number of rotatable bonds is 9. The highest BCUT2D eigenvalue weighted by Crippen LogP contribution is 2.25. The molecule has 1 aliphatic heterocycles. The Hall–Kier alpha value is -3.55. The van der Waals surface area contributed by atoms with Crippen molar-refractivity contribution in [1.29, 1.82) is 0 Å². The van der Waals surface area contributed by atoms with Crippen LogP contribution in [0.5, 0.6) is 11.5 Å². The number of β-amino-alcohol motifs (C(OH)–C–C–N with tert-alkyl or cyclic N) is 1. The lowest BCUT2D eigenvalue weighted by Gasteiger charge is -2.39. The summed E-state index contributed by atoms with van der Waals surface area (Å²) in [4.78, 5) is 14.8. The highest BCUT2D eigenvalue weighted by atomic mass is 16.5. The van der Waals surface area contributed by atoms with E-state index in [1.165, 1.54) is 5.56 Å². The van der Waals surface area contributed by atoms with Gasteiger partial charge in [0, 0.05) is 20.1 Å². The number of hydrogen-bond donors (Lipinski definition) is 1. The molecule has 1 N–H and O–H groups in total. The van der Waals surface area contributed by atoms with E-state index in [4.69, 9.17) is 9.47 Å². The number of nitrogens with zero attached hydrogens (tertiary/aromatic N) is 3. The van der Waals surface area contributed by atoms with Gasteiger partial charge in [-0.05, 0) is 61.3 Å². The largest absolute Gasteiger partial charge is 0.492 e. The van der Waals surface area contributed by atoms with Crippen molar-refractivity contribution in [2.24, 2.45) is 7.05 Å². The van der Waals surface area contributed by atoms with Crippen LogP contribution in [0.1, 0.15) is 18.4 Å². The average Bonchev–Trinajstić information content (AvgIpc) is 3.14. The number of aryl methyl sites for hydroxylation is 1. The zero-order chi connectivity index (χ0) is 25.0. The molecule has 7 heteroatoms. The topological polar surface area (TPSA) is 68.9 Å². The monoisotopic (exact) mass is 487 g/mol. The number of fused-ring (bicyclic) bond motifs is 1. The Labute approximate surface area is 211 Å². The van der Waals surface area contributed by atoms with Gasteiger partial charge in [0.2, 0.25) is 0 Å². The maximum Gasteiger partial charge on any atom is 0.328 e. The quantitative estimate of drug-likeness (QED) is 0.389. The highest BCUT2D eigenvalue weighted by molar-refractivity contribution is 5.75. The van der Waals surface area contributed by atoms with Gasteiger partial charge in [-0.15, -0.1) is 0 Å². The predicted molar refractivity (Wildman–Crippen MR) is 141 cm³/mol. The minimum absolute atomic E-state index is 0.0363. The lowest BCUT2D eigenvalue weighted by molar-refractivity contribution is -0.0621. The van der Waals surface area contributed by atoms with Crippen LogP contribution >= 0.6 is 0 Å². The molecular formula is C29H33N3O4. The van der Waals surface area contributed by atoms with E-state index in [0.717, 1.165) is 48.5 Å². The number of likely N-dealkylation sites (tertiary alicyclic amines) is 1. The second-order valence-corrected chi connectivity index (χ2v) is 9.61. The van der Waals surface area contributed by atoms with Gasteiger partial charge in [-0.25, -0.2) is 4.79 Å². The molecule has 0 aliphatic carbocycles. The molecule has 1 saturated heterocycles. The molecule has 0 radical (unpaired) electrons. The summed E-state index contributed by atoms with van der Waals surface area (Å²) in [5, 5.41) is 11.1. The molecule has 4 aromatic rings. The average molecular weight is 488 g/mol. The van der Waals surface area contributed by atoms with Gasteiger partial charge < -0.3 is 14.6 Å². The van der Waals surface area contributed by atoms with E-state index in [1.54, 1.807) is 16.2 Å². The molecule has 2 heterocycles. The molecule has 0 amide bonds. The van der Waals surface area contributed by atoms with Gasteiger partial charge in [0.15, 0.2) is 0 Å². The summed E-state index contributed by atoms with van der Waals surface area (Å²) in [6, 6.07) is 25.5. The molecule has 36 heavy (non-hydrogen) atoms. The molecule has 0 bridgehead atoms. The summed E-state index contributed by atoms with van der Waals surface area (Å²) in [6.07, 6.45) is 1.67. The standard InChI is InChI=1S/C29H33N3O4/c1-30-26-10-5-6-11-27(26)32(28(30)33)18-19-35-25-14-12-23(13-15-25)20-31-17-7-16-29(34,21-31)22-36-24-8-3-2-4-9-24/h2-6,8-15,34H,7,16-22H2,1H3/t29-/m0/s1. The fourth-order valence-corrected chi connectivity index (χ4v) is 4.98. The SMILES string of the molecule is Cn1c(=O)n(CCOc2ccc(CN3CCC[C@@](O)(COc4ccccc4)C3)cc2)c2ccccc21. The van der Waals surface area contributed by atoms with Crippen LogP contribution in [0.25, 0.3) is 11.0 Å². The van der Waals surface area contributed by atoms with Crippen LogP contribution in [0.3, 0.4) is 0 Å². The summed E-state index contributed by atoms with van der Waals surface area (Å²) in [6.45, 7) is 3.48. The van der Waals surface area contributed by atoms with Crippen LogP contribution in [0.4, 0.5) is 0 Å². The van der Waals surface area contributed by atoms with Crippen LogP contribution in [0.15, 0.2) is 83.7 Å². The van der Waals surface area contributed by atoms with E-state index >= 15 is 0 Å². The summed E-state index contributed by atoms with van der Waals surface area (Å²) in [7, 11) is 1.79. The molecule has 1 atom stereocenters. The molecule has 188 valence electrons. The second-order valence-electron chi connectivity index (χ2n) is 9.61. The Morgan fingerprint density at radius 1 is 0.889 bits per heavy atom. The summed E-state index contributed by atoms with van der Waals surface area (Å²) < 4.78 is 15.2. The first kappa shape index (κ1) is 24.2. The fourth-order valence-electron chi connectivity index (χ4n) is 4.98. The van der Waals surface area contributed by atoms with Gasteiger partial charge >= 0.3 is 5.69 Å². The zero-order valence-corrected chi connectivity index (χ0v) is 20.7. The molecule has 0 spiro atoms. The molecule has 1 aromatic heterocycles. The van der Waals surface area contributed by atoms with Gasteiger partial charge in [0.25, 0.3) is 0 Å². The number of imidazole rings is 1. The van der Waals surface area contributed by atoms with E-state index in [-0.39, 0.29) is 5.69 Å². The lowest BCUT2D eigenvalue weighted by Crippen LogP contribution is -2.51. The molecule has 1 fully saturated rings. The summed E-state index contributed by atoms with van der Waals surface area (Å²) in [5.74, 6) is 1.56. The first-order valence-corrected chi connectivity index (χ1v) is 12.5. The number of aromatic nitrogens is 2. The Morgan fingerprint density at radius 3 is 2.36 bits per heavy atom. The van der Waals surface area contributed by atoms with Crippen molar-refractivity contribution in [3.05, 3.63) is 94.9 Å². The molecular weight excluding hydrogens is 454 g/mol. The van der Waals surface area contributed by atoms with Crippen LogP contribution in [0, 0.1) is 0 Å². The van der Waals surface area contributed by atoms with Crippen molar-refractivity contribution >= 4 is 11.0 Å². The molecule has 7 nitrogen and oxygen atoms in total. The number of benzene rings is 3. The van der Waals surface area contributed by atoms with E-state index in [9.17, 15) is 9.90 Å². The number of piperidine rings is 1. The van der Waals surface area contributed by atoms with Crippen molar-refractivity contribution < 1.29 is 14.6 Å². The zero-order valence-electron chi connectivity index (χ0n) is 20.7. The lowest BCUT2D eigenvalue weighted by atomic mass is 9.93. The third-order valence-corrected chi connectivity index (χ3v) is 6.85. The Balaban J connectivity index is 1.13. The van der Waals surface area contributed by atoms with E-state index in [2.05, 4.69) is 17.0 Å². The minimum atomic E-state index is -0.850. The van der Waals surface area contributed by atoms with Crippen molar-refractivity contribution in [1.82, 2.24) is 14.0 Å².